The number of fused-ring (bicyclic) bond motifs is 1. The van der Waals surface area contributed by atoms with E-state index in [1.54, 1.807) is 25.4 Å². The summed E-state index contributed by atoms with van der Waals surface area (Å²) in [6.07, 6.45) is 5.82. The van der Waals surface area contributed by atoms with E-state index in [1.165, 1.54) is 7.11 Å². The average Bonchev–Trinajstić information content (AvgIpc) is 3.45. The van der Waals surface area contributed by atoms with Crippen LogP contribution in [0.15, 0.2) is 48.8 Å². The standard InChI is InChI=1S/C31H36FN7O4/c1-38-13-15-39(16-14-38)27(19-42-2)30(41)36-26-6-4-5-22-23(26)8-9-24(22)29-25(32)18-34-31(37-29)35-21-11-12-33-20(17-21)7-10-28(40)43-3/h4-6,9,11-12,17-18,27H,7-8,10,13-16,19H2,1-3H3,(H,36,41)(H,33,34,35,37)/t27-/m1/s1. The van der Waals surface area contributed by atoms with Crippen LogP contribution in [0.3, 0.4) is 0 Å². The number of methoxy groups -OCH3 is 2. The summed E-state index contributed by atoms with van der Waals surface area (Å²) in [5.41, 5.74) is 4.54. The normalized spacial score (nSPS) is 15.9. The van der Waals surface area contributed by atoms with Crippen LogP contribution in [-0.4, -0.2) is 96.7 Å². The molecule has 3 heterocycles. The van der Waals surface area contributed by atoms with Crippen LogP contribution in [0.25, 0.3) is 5.57 Å². The zero-order valence-corrected chi connectivity index (χ0v) is 24.6. The number of ether oxygens (including phenoxy) is 2. The van der Waals surface area contributed by atoms with Gasteiger partial charge in [-0.3, -0.25) is 19.5 Å². The summed E-state index contributed by atoms with van der Waals surface area (Å²) in [6.45, 7) is 3.64. The molecule has 226 valence electrons. The largest absolute Gasteiger partial charge is 0.469 e. The van der Waals surface area contributed by atoms with Crippen LogP contribution in [0.5, 0.6) is 0 Å². The zero-order chi connectivity index (χ0) is 30.3. The van der Waals surface area contributed by atoms with Gasteiger partial charge in [0.15, 0.2) is 5.82 Å². The predicted octanol–water partition coefficient (Wildman–Crippen LogP) is 3.05. The molecule has 2 aromatic heterocycles. The summed E-state index contributed by atoms with van der Waals surface area (Å²) in [5, 5.41) is 6.22. The molecule has 0 unspecified atom stereocenters. The molecular formula is C31H36FN7O4. The van der Waals surface area contributed by atoms with Gasteiger partial charge in [-0.25, -0.2) is 14.4 Å². The molecule has 2 N–H and O–H groups in total. The fourth-order valence-electron chi connectivity index (χ4n) is 5.34. The first-order valence-electron chi connectivity index (χ1n) is 14.2. The molecule has 1 saturated heterocycles. The van der Waals surface area contributed by atoms with Crippen molar-refractivity contribution in [2.45, 2.75) is 25.3 Å². The van der Waals surface area contributed by atoms with Crippen molar-refractivity contribution in [2.24, 2.45) is 0 Å². The molecule has 3 aromatic rings. The van der Waals surface area contributed by atoms with Gasteiger partial charge in [-0.1, -0.05) is 18.2 Å². The summed E-state index contributed by atoms with van der Waals surface area (Å²) in [4.78, 5) is 42.2. The smallest absolute Gasteiger partial charge is 0.305 e. The maximum Gasteiger partial charge on any atom is 0.305 e. The fourth-order valence-corrected chi connectivity index (χ4v) is 5.34. The van der Waals surface area contributed by atoms with E-state index in [9.17, 15) is 9.59 Å². The number of likely N-dealkylation sites (N-methyl/N-ethyl adjacent to an activating group) is 1. The van der Waals surface area contributed by atoms with E-state index in [2.05, 4.69) is 42.4 Å². The summed E-state index contributed by atoms with van der Waals surface area (Å²) in [5.74, 6) is -0.779. The van der Waals surface area contributed by atoms with E-state index in [4.69, 9.17) is 9.47 Å². The molecule has 0 saturated carbocycles. The third-order valence-electron chi connectivity index (χ3n) is 7.73. The maximum atomic E-state index is 15.1. The second kappa shape index (κ2) is 13.8. The van der Waals surface area contributed by atoms with Crippen LogP contribution in [-0.2, 0) is 31.9 Å². The molecule has 12 heteroatoms. The quantitative estimate of drug-likeness (QED) is 0.323. The van der Waals surface area contributed by atoms with Gasteiger partial charge in [0, 0.05) is 68.5 Å². The molecule has 1 aromatic carbocycles. The lowest BCUT2D eigenvalue weighted by molar-refractivity contribution is -0.140. The minimum Gasteiger partial charge on any atom is -0.469 e. The Balaban J connectivity index is 1.32. The highest BCUT2D eigenvalue weighted by molar-refractivity contribution is 5.97. The Morgan fingerprint density at radius 1 is 1.12 bits per heavy atom. The SMILES string of the molecule is COC[C@H](C(=O)Nc1cccc2c1CC=C2c1nc(Nc2ccnc(CCC(=O)OC)c2)ncc1F)N1CCN(C)CC1. The number of pyridine rings is 1. The van der Waals surface area contributed by atoms with Crippen molar-refractivity contribution in [3.05, 3.63) is 77.1 Å². The van der Waals surface area contributed by atoms with Crippen molar-refractivity contribution in [3.8, 4) is 0 Å². The second-order valence-electron chi connectivity index (χ2n) is 10.6. The molecule has 2 aliphatic rings. The van der Waals surface area contributed by atoms with Gasteiger partial charge >= 0.3 is 5.97 Å². The van der Waals surface area contributed by atoms with Gasteiger partial charge in [-0.2, -0.15) is 0 Å². The van der Waals surface area contributed by atoms with Crippen molar-refractivity contribution < 1.29 is 23.5 Å². The van der Waals surface area contributed by atoms with E-state index in [0.29, 0.717) is 42.1 Å². The number of aryl methyl sites for hydroxylation is 1. The van der Waals surface area contributed by atoms with Crippen molar-refractivity contribution in [2.75, 3.05) is 64.7 Å². The second-order valence-corrected chi connectivity index (χ2v) is 10.6. The molecule has 5 rings (SSSR count). The van der Waals surface area contributed by atoms with Gasteiger partial charge in [0.1, 0.15) is 11.7 Å². The van der Waals surface area contributed by atoms with Crippen molar-refractivity contribution >= 4 is 34.8 Å². The monoisotopic (exact) mass is 589 g/mol. The van der Waals surface area contributed by atoms with E-state index >= 15 is 4.39 Å². The molecule has 1 aliphatic heterocycles. The highest BCUT2D eigenvalue weighted by atomic mass is 19.1. The van der Waals surface area contributed by atoms with E-state index in [1.807, 2.05) is 24.3 Å². The van der Waals surface area contributed by atoms with Gasteiger partial charge in [0.25, 0.3) is 0 Å². The summed E-state index contributed by atoms with van der Waals surface area (Å²) in [7, 11) is 5.02. The molecular weight excluding hydrogens is 553 g/mol. The van der Waals surface area contributed by atoms with Crippen molar-refractivity contribution in [3.63, 3.8) is 0 Å². The Morgan fingerprint density at radius 2 is 1.93 bits per heavy atom. The number of rotatable bonds is 11. The number of carbonyl (C=O) groups is 2. The number of nitrogens with one attached hydrogen (secondary N) is 2. The number of carbonyl (C=O) groups excluding carboxylic acids is 2. The zero-order valence-electron chi connectivity index (χ0n) is 24.6. The summed E-state index contributed by atoms with van der Waals surface area (Å²) < 4.78 is 25.2. The number of aromatic nitrogens is 3. The molecule has 1 fully saturated rings. The van der Waals surface area contributed by atoms with Gasteiger partial charge in [0.05, 0.1) is 26.3 Å². The van der Waals surface area contributed by atoms with Crippen LogP contribution < -0.4 is 10.6 Å². The predicted molar refractivity (Wildman–Crippen MR) is 160 cm³/mol. The number of benzene rings is 1. The van der Waals surface area contributed by atoms with Crippen LogP contribution >= 0.6 is 0 Å². The Morgan fingerprint density at radius 3 is 2.70 bits per heavy atom. The number of anilines is 3. The van der Waals surface area contributed by atoms with Crippen LogP contribution in [0, 0.1) is 5.82 Å². The molecule has 0 spiro atoms. The lowest BCUT2D eigenvalue weighted by Gasteiger charge is -2.36. The Bertz CT molecular complexity index is 1510. The highest BCUT2D eigenvalue weighted by Crippen LogP contribution is 2.37. The van der Waals surface area contributed by atoms with Crippen molar-refractivity contribution in [1.29, 1.82) is 0 Å². The lowest BCUT2D eigenvalue weighted by Crippen LogP contribution is -2.54. The molecule has 0 radical (unpaired) electrons. The number of allylic oxidation sites excluding steroid dienone is 1. The average molecular weight is 590 g/mol. The van der Waals surface area contributed by atoms with Gasteiger partial charge in [-0.05, 0) is 42.8 Å². The first-order valence-corrected chi connectivity index (χ1v) is 14.2. The third kappa shape index (κ3) is 7.22. The summed E-state index contributed by atoms with van der Waals surface area (Å²) in [6, 6.07) is 8.73. The van der Waals surface area contributed by atoms with Crippen molar-refractivity contribution in [1.82, 2.24) is 24.8 Å². The topological polar surface area (TPSA) is 122 Å². The third-order valence-corrected chi connectivity index (χ3v) is 7.73. The number of esters is 1. The van der Waals surface area contributed by atoms with Crippen LogP contribution in [0.2, 0.25) is 0 Å². The first kappa shape index (κ1) is 30.2. The first-order chi connectivity index (χ1) is 20.9. The highest BCUT2D eigenvalue weighted by Gasteiger charge is 2.30. The maximum absolute atomic E-state index is 15.1. The number of halogens is 1. The number of piperazine rings is 1. The van der Waals surface area contributed by atoms with Crippen LogP contribution in [0.1, 0.15) is 28.9 Å². The van der Waals surface area contributed by atoms with Crippen LogP contribution in [0.4, 0.5) is 21.7 Å². The number of hydrogen-bond acceptors (Lipinski definition) is 10. The Kier molecular flexibility index (Phi) is 9.70. The molecule has 43 heavy (non-hydrogen) atoms. The minimum absolute atomic E-state index is 0.128. The number of hydrogen-bond donors (Lipinski definition) is 2. The number of amides is 1. The molecule has 1 aliphatic carbocycles. The number of nitrogens with zero attached hydrogens (tertiary/aromatic N) is 5. The van der Waals surface area contributed by atoms with E-state index in [0.717, 1.165) is 43.5 Å². The Labute approximate surface area is 250 Å². The molecule has 0 bridgehead atoms. The molecule has 11 nitrogen and oxygen atoms in total. The van der Waals surface area contributed by atoms with Gasteiger partial charge in [-0.15, -0.1) is 0 Å². The lowest BCUT2D eigenvalue weighted by atomic mass is 10.0. The molecule has 1 amide bonds. The Hall–Kier alpha value is -4.26. The van der Waals surface area contributed by atoms with Gasteiger partial charge in [0.2, 0.25) is 11.9 Å². The fraction of sp³-hybridized carbons (Fsp3) is 0.387. The summed E-state index contributed by atoms with van der Waals surface area (Å²) >= 11 is 0. The van der Waals surface area contributed by atoms with E-state index < -0.39 is 11.9 Å². The minimum atomic E-state index is -0.553. The van der Waals surface area contributed by atoms with Gasteiger partial charge < -0.3 is 25.0 Å². The molecule has 1 atom stereocenters. The van der Waals surface area contributed by atoms with E-state index in [-0.39, 0.29) is 29.9 Å².